The van der Waals surface area contributed by atoms with Gasteiger partial charge in [0.05, 0.1) is 11.1 Å². The molecule has 4 rings (SSSR count). The Bertz CT molecular complexity index is 1160. The number of ketones is 1. The van der Waals surface area contributed by atoms with Gasteiger partial charge in [0.1, 0.15) is 17.1 Å². The Hall–Kier alpha value is -3.54. The fourth-order valence-electron chi connectivity index (χ4n) is 3.10. The molecular formula is C21H17NO5. The molecule has 0 atom stereocenters. The first-order valence-electron chi connectivity index (χ1n) is 8.42. The molecule has 2 N–H and O–H groups in total. The molecule has 0 unspecified atom stereocenters. The number of rotatable bonds is 2. The van der Waals surface area contributed by atoms with Crippen LogP contribution in [-0.4, -0.2) is 16.5 Å². The summed E-state index contributed by atoms with van der Waals surface area (Å²) in [5.41, 5.74) is 0.109. The van der Waals surface area contributed by atoms with Crippen LogP contribution in [0.4, 0.5) is 5.69 Å². The third-order valence-electron chi connectivity index (χ3n) is 4.41. The number of benzene rings is 2. The Morgan fingerprint density at radius 2 is 1.85 bits per heavy atom. The zero-order chi connectivity index (χ0) is 19.2. The van der Waals surface area contributed by atoms with E-state index in [1.165, 1.54) is 12.1 Å². The van der Waals surface area contributed by atoms with Crippen LogP contribution in [0.15, 0.2) is 63.9 Å². The van der Waals surface area contributed by atoms with Crippen molar-refractivity contribution in [3.8, 4) is 11.5 Å². The van der Waals surface area contributed by atoms with Crippen LogP contribution in [0.2, 0.25) is 0 Å². The van der Waals surface area contributed by atoms with E-state index in [0.717, 1.165) is 0 Å². The number of phenols is 1. The predicted molar refractivity (Wildman–Crippen MR) is 102 cm³/mol. The minimum Gasteiger partial charge on any atom is -0.508 e. The molecule has 0 saturated carbocycles. The standard InChI is InChI=1S/C21H17NO5/c1-21(2)20(25)15(11-22-13-4-3-5-14(23)10-13)18-16(27-21)8-6-12-7-9-17(24)26-19(12)18/h3-11,22-23H,1-2H3/b15-11+. The van der Waals surface area contributed by atoms with Crippen molar-refractivity contribution in [1.82, 2.24) is 0 Å². The monoisotopic (exact) mass is 363 g/mol. The molecule has 1 aliphatic heterocycles. The summed E-state index contributed by atoms with van der Waals surface area (Å²) < 4.78 is 11.2. The minimum atomic E-state index is -1.07. The highest BCUT2D eigenvalue weighted by Crippen LogP contribution is 2.41. The number of aromatic hydroxyl groups is 1. The molecule has 27 heavy (non-hydrogen) atoms. The van der Waals surface area contributed by atoms with Crippen LogP contribution in [-0.2, 0) is 4.79 Å². The lowest BCUT2D eigenvalue weighted by atomic mass is 9.87. The van der Waals surface area contributed by atoms with Gasteiger partial charge in [-0.05, 0) is 44.2 Å². The Labute approximate surface area is 154 Å². The largest absolute Gasteiger partial charge is 0.508 e. The van der Waals surface area contributed by atoms with Gasteiger partial charge in [-0.15, -0.1) is 0 Å². The van der Waals surface area contributed by atoms with E-state index in [1.807, 2.05) is 0 Å². The molecule has 3 aromatic rings. The quantitative estimate of drug-likeness (QED) is 0.533. The van der Waals surface area contributed by atoms with Crippen LogP contribution in [0, 0.1) is 0 Å². The second-order valence-corrected chi connectivity index (χ2v) is 6.81. The van der Waals surface area contributed by atoms with Gasteiger partial charge in [-0.3, -0.25) is 4.79 Å². The van der Waals surface area contributed by atoms with E-state index in [2.05, 4.69) is 5.32 Å². The van der Waals surface area contributed by atoms with Gasteiger partial charge in [0, 0.05) is 29.4 Å². The van der Waals surface area contributed by atoms with Crippen molar-refractivity contribution in [2.45, 2.75) is 19.4 Å². The van der Waals surface area contributed by atoms with Crippen molar-refractivity contribution >= 4 is 28.0 Å². The molecule has 1 aliphatic rings. The number of Topliss-reactive ketones (excluding diaryl/α,β-unsaturated/α-hetero) is 1. The van der Waals surface area contributed by atoms with Crippen LogP contribution in [0.1, 0.15) is 19.4 Å². The molecule has 0 amide bonds. The van der Waals surface area contributed by atoms with Crippen molar-refractivity contribution in [2.24, 2.45) is 0 Å². The molecule has 0 saturated heterocycles. The summed E-state index contributed by atoms with van der Waals surface area (Å²) in [5, 5.41) is 13.3. The molecule has 0 spiro atoms. The summed E-state index contributed by atoms with van der Waals surface area (Å²) >= 11 is 0. The topological polar surface area (TPSA) is 88.8 Å². The van der Waals surface area contributed by atoms with E-state index in [4.69, 9.17) is 9.15 Å². The maximum atomic E-state index is 13.0. The number of hydrogen-bond donors (Lipinski definition) is 2. The summed E-state index contributed by atoms with van der Waals surface area (Å²) in [6.45, 7) is 3.37. The molecule has 6 heteroatoms. The van der Waals surface area contributed by atoms with Gasteiger partial charge in [-0.25, -0.2) is 4.79 Å². The van der Waals surface area contributed by atoms with E-state index in [9.17, 15) is 14.7 Å². The van der Waals surface area contributed by atoms with E-state index >= 15 is 0 Å². The fraction of sp³-hybridized carbons (Fsp3) is 0.143. The second kappa shape index (κ2) is 6.02. The first kappa shape index (κ1) is 16.9. The number of anilines is 1. The molecule has 2 heterocycles. The molecule has 6 nitrogen and oxygen atoms in total. The summed E-state index contributed by atoms with van der Waals surface area (Å²) in [6.07, 6.45) is 1.55. The predicted octanol–water partition coefficient (Wildman–Crippen LogP) is 3.69. The van der Waals surface area contributed by atoms with Crippen molar-refractivity contribution in [2.75, 3.05) is 5.32 Å². The Morgan fingerprint density at radius 3 is 2.63 bits per heavy atom. The highest BCUT2D eigenvalue weighted by molar-refractivity contribution is 6.28. The number of hydrogen-bond acceptors (Lipinski definition) is 6. The first-order valence-corrected chi connectivity index (χ1v) is 8.42. The van der Waals surface area contributed by atoms with Crippen LogP contribution in [0.25, 0.3) is 16.5 Å². The van der Waals surface area contributed by atoms with E-state index in [-0.39, 0.29) is 11.5 Å². The van der Waals surface area contributed by atoms with Gasteiger partial charge in [0.25, 0.3) is 0 Å². The maximum absolute atomic E-state index is 13.0. The van der Waals surface area contributed by atoms with Crippen molar-refractivity contribution in [3.63, 3.8) is 0 Å². The molecule has 2 aromatic carbocycles. The summed E-state index contributed by atoms with van der Waals surface area (Å²) in [4.78, 5) is 24.8. The third-order valence-corrected chi connectivity index (χ3v) is 4.41. The van der Waals surface area contributed by atoms with Crippen molar-refractivity contribution < 1.29 is 19.1 Å². The second-order valence-electron chi connectivity index (χ2n) is 6.81. The highest BCUT2D eigenvalue weighted by atomic mass is 16.5. The molecule has 0 aliphatic carbocycles. The number of carbonyl (C=O) groups excluding carboxylic acids is 1. The Balaban J connectivity index is 1.92. The molecule has 0 bridgehead atoms. The zero-order valence-electron chi connectivity index (χ0n) is 14.8. The van der Waals surface area contributed by atoms with E-state index < -0.39 is 11.2 Å². The Kier molecular flexibility index (Phi) is 3.77. The number of nitrogens with one attached hydrogen (secondary N) is 1. The summed E-state index contributed by atoms with van der Waals surface area (Å²) in [6, 6.07) is 13.1. The molecule has 0 fully saturated rings. The lowest BCUT2D eigenvalue weighted by molar-refractivity contribution is -0.126. The van der Waals surface area contributed by atoms with Crippen LogP contribution in [0.3, 0.4) is 0 Å². The first-order chi connectivity index (χ1) is 12.8. The number of fused-ring (bicyclic) bond motifs is 3. The molecular weight excluding hydrogens is 346 g/mol. The maximum Gasteiger partial charge on any atom is 0.336 e. The van der Waals surface area contributed by atoms with Crippen molar-refractivity contribution in [3.05, 3.63) is 70.7 Å². The summed E-state index contributed by atoms with van der Waals surface area (Å²) in [5.74, 6) is 0.320. The smallest absolute Gasteiger partial charge is 0.336 e. The van der Waals surface area contributed by atoms with E-state index in [0.29, 0.717) is 33.5 Å². The summed E-state index contributed by atoms with van der Waals surface area (Å²) in [7, 11) is 0. The molecule has 1 aromatic heterocycles. The average molecular weight is 363 g/mol. The van der Waals surface area contributed by atoms with Gasteiger partial charge >= 0.3 is 5.63 Å². The molecule has 0 radical (unpaired) electrons. The number of carbonyl (C=O) groups is 1. The van der Waals surface area contributed by atoms with Crippen LogP contribution in [0.5, 0.6) is 11.5 Å². The number of ether oxygens (including phenoxy) is 1. The SMILES string of the molecule is CC1(C)Oc2ccc3ccc(=O)oc3c2/C(=C\Nc2cccc(O)c2)C1=O. The van der Waals surface area contributed by atoms with Gasteiger partial charge in [-0.1, -0.05) is 6.07 Å². The fourth-order valence-corrected chi connectivity index (χ4v) is 3.10. The lowest BCUT2D eigenvalue weighted by Gasteiger charge is -2.32. The van der Waals surface area contributed by atoms with Crippen LogP contribution >= 0.6 is 0 Å². The van der Waals surface area contributed by atoms with Gasteiger partial charge in [0.15, 0.2) is 5.60 Å². The lowest BCUT2D eigenvalue weighted by Crippen LogP contribution is -2.42. The third kappa shape index (κ3) is 2.95. The average Bonchev–Trinajstić information content (AvgIpc) is 2.62. The Morgan fingerprint density at radius 1 is 1.07 bits per heavy atom. The van der Waals surface area contributed by atoms with Gasteiger partial charge in [0.2, 0.25) is 5.78 Å². The van der Waals surface area contributed by atoms with Crippen LogP contribution < -0.4 is 15.7 Å². The number of phenolic OH excluding ortho intramolecular Hbond substituents is 1. The highest BCUT2D eigenvalue weighted by Gasteiger charge is 2.40. The van der Waals surface area contributed by atoms with Crippen molar-refractivity contribution in [1.29, 1.82) is 0 Å². The molecule has 136 valence electrons. The zero-order valence-corrected chi connectivity index (χ0v) is 14.8. The minimum absolute atomic E-state index is 0.105. The van der Waals surface area contributed by atoms with Gasteiger partial charge in [-0.2, -0.15) is 0 Å². The normalized spacial score (nSPS) is 16.8. The van der Waals surface area contributed by atoms with E-state index in [1.54, 1.807) is 56.4 Å². The van der Waals surface area contributed by atoms with Gasteiger partial charge < -0.3 is 19.6 Å².